The smallest absolute Gasteiger partial charge is 0.314 e. The van der Waals surface area contributed by atoms with Gasteiger partial charge in [-0.1, -0.05) is 15.9 Å². The molecule has 3 rings (SSSR count). The fourth-order valence-corrected chi connectivity index (χ4v) is 3.40. The first kappa shape index (κ1) is 18.9. The third-order valence-corrected chi connectivity index (χ3v) is 4.29. The normalized spacial score (nSPS) is 17.7. The van der Waals surface area contributed by atoms with Gasteiger partial charge in [0, 0.05) is 31.0 Å². The Kier molecular flexibility index (Phi) is 6.00. The highest BCUT2D eigenvalue weighted by Gasteiger charge is 2.25. The van der Waals surface area contributed by atoms with E-state index in [1.807, 2.05) is 6.07 Å². The molecule has 1 fully saturated rings. The average Bonchev–Trinajstić information content (AvgIpc) is 2.87. The van der Waals surface area contributed by atoms with E-state index in [1.165, 1.54) is 6.92 Å². The summed E-state index contributed by atoms with van der Waals surface area (Å²) in [6, 6.07) is 3.66. The summed E-state index contributed by atoms with van der Waals surface area (Å²) in [5.41, 5.74) is 0.757. The number of halogens is 2. The molecule has 1 unspecified atom stereocenters. The minimum atomic E-state index is -0.669. The monoisotopic (exact) mass is 461 g/mol. The van der Waals surface area contributed by atoms with Gasteiger partial charge in [0.15, 0.2) is 0 Å². The van der Waals surface area contributed by atoms with Gasteiger partial charge in [0.2, 0.25) is 0 Å². The number of hydrogen-bond donors (Lipinski definition) is 2. The number of likely N-dealkylation sites (tertiary alicyclic amines) is 1. The fourth-order valence-electron chi connectivity index (χ4n) is 2.90. The Morgan fingerprint density at radius 1 is 1.33 bits per heavy atom. The summed E-state index contributed by atoms with van der Waals surface area (Å²) < 4.78 is 6.05. The van der Waals surface area contributed by atoms with Gasteiger partial charge in [-0.3, -0.25) is 19.3 Å². The molecule has 1 aromatic heterocycles. The molecule has 1 aliphatic rings. The van der Waals surface area contributed by atoms with Crippen molar-refractivity contribution in [3.8, 4) is 0 Å². The molecule has 7 nitrogen and oxygen atoms in total. The zero-order valence-corrected chi connectivity index (χ0v) is 16.2. The second kappa shape index (κ2) is 7.62. The molecule has 1 saturated heterocycles. The van der Waals surface area contributed by atoms with Crippen molar-refractivity contribution in [2.45, 2.75) is 26.0 Å². The highest BCUT2D eigenvalue weighted by Crippen LogP contribution is 2.23. The summed E-state index contributed by atoms with van der Waals surface area (Å²) in [5.74, 6) is -0.272. The number of carbonyl (C=O) groups is 1. The van der Waals surface area contributed by atoms with E-state index < -0.39 is 11.1 Å². The van der Waals surface area contributed by atoms with Crippen LogP contribution in [0.25, 0.3) is 11.0 Å². The molecular weight excluding hydrogens is 446 g/mol. The van der Waals surface area contributed by atoms with Gasteiger partial charge in [0.1, 0.15) is 6.10 Å². The van der Waals surface area contributed by atoms with Crippen LogP contribution in [-0.4, -0.2) is 40.0 Å². The van der Waals surface area contributed by atoms with Gasteiger partial charge in [0.05, 0.1) is 11.0 Å². The lowest BCUT2D eigenvalue weighted by molar-refractivity contribution is -0.145. The third kappa shape index (κ3) is 4.14. The number of esters is 1. The molecule has 0 radical (unpaired) electrons. The second-order valence-corrected chi connectivity index (χ2v) is 6.57. The molecule has 2 heterocycles. The Morgan fingerprint density at radius 3 is 2.75 bits per heavy atom. The van der Waals surface area contributed by atoms with Crippen molar-refractivity contribution in [2.75, 3.05) is 13.1 Å². The molecule has 0 amide bonds. The molecule has 2 N–H and O–H groups in total. The van der Waals surface area contributed by atoms with E-state index in [9.17, 15) is 14.4 Å². The molecule has 2 aromatic rings. The third-order valence-electron chi connectivity index (χ3n) is 3.83. The van der Waals surface area contributed by atoms with E-state index >= 15 is 0 Å². The Bertz CT molecular complexity index is 877. The molecule has 0 spiro atoms. The number of H-pyrrole nitrogens is 2. The molecule has 0 aliphatic carbocycles. The SMILES string of the molecule is Br.CC(=O)OC1CCN(Cc2cc(Br)cc3[nH]c(=O)c(=O)[nH]c23)C1. The van der Waals surface area contributed by atoms with Crippen LogP contribution < -0.4 is 11.1 Å². The number of aromatic amines is 2. The Labute approximate surface area is 156 Å². The molecule has 24 heavy (non-hydrogen) atoms. The molecule has 1 aliphatic heterocycles. The van der Waals surface area contributed by atoms with Crippen LogP contribution >= 0.6 is 32.9 Å². The molecule has 1 atom stereocenters. The molecule has 130 valence electrons. The van der Waals surface area contributed by atoms with Crippen molar-refractivity contribution >= 4 is 49.9 Å². The zero-order valence-electron chi connectivity index (χ0n) is 12.9. The van der Waals surface area contributed by atoms with Crippen LogP contribution in [0.3, 0.4) is 0 Å². The van der Waals surface area contributed by atoms with Crippen LogP contribution in [0.2, 0.25) is 0 Å². The Balaban J connectivity index is 0.00000208. The topological polar surface area (TPSA) is 95.3 Å². The maximum Gasteiger partial charge on any atom is 0.314 e. The van der Waals surface area contributed by atoms with Gasteiger partial charge >= 0.3 is 17.1 Å². The van der Waals surface area contributed by atoms with E-state index in [2.05, 4.69) is 30.8 Å². The predicted molar refractivity (Wildman–Crippen MR) is 98.7 cm³/mol. The van der Waals surface area contributed by atoms with Crippen LogP contribution in [0, 0.1) is 0 Å². The predicted octanol–water partition coefficient (Wildman–Crippen LogP) is 1.69. The van der Waals surface area contributed by atoms with Crippen LogP contribution in [0.15, 0.2) is 26.2 Å². The minimum absolute atomic E-state index is 0. The van der Waals surface area contributed by atoms with Crippen LogP contribution in [-0.2, 0) is 16.1 Å². The quantitative estimate of drug-likeness (QED) is 0.534. The van der Waals surface area contributed by atoms with Crippen molar-refractivity contribution < 1.29 is 9.53 Å². The van der Waals surface area contributed by atoms with Crippen LogP contribution in [0.1, 0.15) is 18.9 Å². The van der Waals surface area contributed by atoms with Gasteiger partial charge in [-0.2, -0.15) is 0 Å². The van der Waals surface area contributed by atoms with Gasteiger partial charge < -0.3 is 14.7 Å². The standard InChI is InChI=1S/C15H16BrN3O4.BrH/c1-8(20)23-11-2-3-19(7-11)6-9-4-10(16)5-12-13(9)18-15(22)14(21)17-12;/h4-5,11H,2-3,6-7H2,1H3,(H,17,21)(H,18,22);1H. The van der Waals surface area contributed by atoms with E-state index in [0.717, 1.165) is 23.0 Å². The Hall–Kier alpha value is -1.45. The van der Waals surface area contributed by atoms with Crippen molar-refractivity contribution in [3.63, 3.8) is 0 Å². The summed E-state index contributed by atoms with van der Waals surface area (Å²) >= 11 is 3.42. The highest BCUT2D eigenvalue weighted by molar-refractivity contribution is 9.10. The number of fused-ring (bicyclic) bond motifs is 1. The van der Waals surface area contributed by atoms with Crippen molar-refractivity contribution in [2.24, 2.45) is 0 Å². The lowest BCUT2D eigenvalue weighted by Gasteiger charge is -2.17. The van der Waals surface area contributed by atoms with E-state index in [-0.39, 0.29) is 29.1 Å². The van der Waals surface area contributed by atoms with Crippen molar-refractivity contribution in [3.05, 3.63) is 42.9 Å². The zero-order chi connectivity index (χ0) is 16.6. The number of benzene rings is 1. The first-order valence-electron chi connectivity index (χ1n) is 7.26. The average molecular weight is 463 g/mol. The maximum atomic E-state index is 11.6. The summed E-state index contributed by atoms with van der Waals surface area (Å²) in [6.07, 6.45) is 0.698. The number of carbonyl (C=O) groups excluding carboxylic acids is 1. The number of rotatable bonds is 3. The first-order valence-corrected chi connectivity index (χ1v) is 8.06. The van der Waals surface area contributed by atoms with Crippen molar-refractivity contribution in [1.82, 2.24) is 14.9 Å². The summed E-state index contributed by atoms with van der Waals surface area (Å²) in [4.78, 5) is 41.5. The van der Waals surface area contributed by atoms with Gasteiger partial charge in [-0.05, 0) is 24.1 Å². The van der Waals surface area contributed by atoms with E-state index in [1.54, 1.807) is 6.07 Å². The summed E-state index contributed by atoms with van der Waals surface area (Å²) in [6.45, 7) is 3.46. The number of ether oxygens (including phenoxy) is 1. The largest absolute Gasteiger partial charge is 0.461 e. The summed E-state index contributed by atoms with van der Waals surface area (Å²) in [7, 11) is 0. The fraction of sp³-hybridized carbons (Fsp3) is 0.400. The van der Waals surface area contributed by atoms with Crippen LogP contribution in [0.5, 0.6) is 0 Å². The lowest BCUT2D eigenvalue weighted by atomic mass is 10.1. The number of nitrogens with zero attached hydrogens (tertiary/aromatic N) is 1. The lowest BCUT2D eigenvalue weighted by Crippen LogP contribution is -2.30. The van der Waals surface area contributed by atoms with Crippen molar-refractivity contribution in [1.29, 1.82) is 0 Å². The maximum absolute atomic E-state index is 11.6. The Morgan fingerprint density at radius 2 is 2.04 bits per heavy atom. The number of nitrogens with one attached hydrogen (secondary N) is 2. The molecular formula is C15H17Br2N3O4. The van der Waals surface area contributed by atoms with Gasteiger partial charge in [-0.15, -0.1) is 17.0 Å². The molecule has 9 heteroatoms. The van der Waals surface area contributed by atoms with Gasteiger partial charge in [-0.25, -0.2) is 0 Å². The van der Waals surface area contributed by atoms with Gasteiger partial charge in [0.25, 0.3) is 0 Å². The number of aromatic nitrogens is 2. The molecule has 0 bridgehead atoms. The highest BCUT2D eigenvalue weighted by atomic mass is 79.9. The van der Waals surface area contributed by atoms with Crippen LogP contribution in [0.4, 0.5) is 0 Å². The molecule has 1 aromatic carbocycles. The minimum Gasteiger partial charge on any atom is -0.461 e. The van der Waals surface area contributed by atoms with E-state index in [4.69, 9.17) is 4.74 Å². The van der Waals surface area contributed by atoms with E-state index in [0.29, 0.717) is 24.1 Å². The second-order valence-electron chi connectivity index (χ2n) is 5.65. The molecule has 0 saturated carbocycles. The number of hydrogen-bond acceptors (Lipinski definition) is 5. The summed E-state index contributed by atoms with van der Waals surface area (Å²) in [5, 5.41) is 0. The first-order chi connectivity index (χ1) is 10.9.